The second-order valence-corrected chi connectivity index (χ2v) is 8.11. The van der Waals surface area contributed by atoms with Crippen LogP contribution in [0.2, 0.25) is 5.02 Å². The number of benzene rings is 2. The number of hydrogen-bond donors (Lipinski definition) is 0. The topological polar surface area (TPSA) is 55.1 Å². The smallest absolute Gasteiger partial charge is 0.259 e. The number of fused-ring (bicyclic) bond motifs is 1. The summed E-state index contributed by atoms with van der Waals surface area (Å²) in [4.78, 5) is 11.9. The van der Waals surface area contributed by atoms with Gasteiger partial charge in [0.05, 0.1) is 11.1 Å². The fraction of sp³-hybridized carbons (Fsp3) is 0.261. The van der Waals surface area contributed by atoms with Crippen LogP contribution in [0, 0.1) is 5.92 Å². The van der Waals surface area contributed by atoms with Crippen molar-refractivity contribution in [2.24, 2.45) is 5.92 Å². The summed E-state index contributed by atoms with van der Waals surface area (Å²) in [5.74, 6) is 2.68. The summed E-state index contributed by atoms with van der Waals surface area (Å²) in [6.45, 7) is 4.34. The van der Waals surface area contributed by atoms with Gasteiger partial charge in [0.25, 0.3) is 5.89 Å². The van der Waals surface area contributed by atoms with Crippen LogP contribution < -0.4 is 4.90 Å². The summed E-state index contributed by atoms with van der Waals surface area (Å²) < 4.78 is 5.67. The maximum atomic E-state index is 5.99. The average Bonchev–Trinajstić information content (AvgIpc) is 3.23. The lowest BCUT2D eigenvalue weighted by Gasteiger charge is -2.32. The van der Waals surface area contributed by atoms with Crippen molar-refractivity contribution in [2.45, 2.75) is 19.8 Å². The Labute approximate surface area is 174 Å². The van der Waals surface area contributed by atoms with Crippen molar-refractivity contribution in [1.29, 1.82) is 0 Å². The van der Waals surface area contributed by atoms with Crippen LogP contribution in [0.3, 0.4) is 0 Å². The van der Waals surface area contributed by atoms with Crippen molar-refractivity contribution in [2.75, 3.05) is 18.0 Å². The van der Waals surface area contributed by atoms with E-state index in [-0.39, 0.29) is 0 Å². The van der Waals surface area contributed by atoms with E-state index in [1.165, 1.54) is 12.8 Å². The van der Waals surface area contributed by atoms with E-state index in [0.717, 1.165) is 40.9 Å². The summed E-state index contributed by atoms with van der Waals surface area (Å²) in [7, 11) is 0. The van der Waals surface area contributed by atoms with Crippen LogP contribution in [0.15, 0.2) is 59.1 Å². The molecule has 1 atom stereocenters. The van der Waals surface area contributed by atoms with Crippen molar-refractivity contribution >= 4 is 28.3 Å². The maximum absolute atomic E-state index is 5.99. The third kappa shape index (κ3) is 3.58. The number of halogens is 1. The lowest BCUT2D eigenvalue weighted by atomic mass is 10.00. The monoisotopic (exact) mass is 404 g/mol. The van der Waals surface area contributed by atoms with Gasteiger partial charge in [0.1, 0.15) is 5.82 Å². The maximum Gasteiger partial charge on any atom is 0.259 e. The number of hydrogen-bond acceptors (Lipinski definition) is 5. The van der Waals surface area contributed by atoms with E-state index in [1.54, 1.807) is 0 Å². The number of piperidine rings is 1. The molecule has 0 radical (unpaired) electrons. The van der Waals surface area contributed by atoms with Gasteiger partial charge in [-0.05, 0) is 55.2 Å². The first-order chi connectivity index (χ1) is 14.2. The summed E-state index contributed by atoms with van der Waals surface area (Å²) in [5.41, 5.74) is 2.72. The molecule has 5 nitrogen and oxygen atoms in total. The first-order valence-electron chi connectivity index (χ1n) is 9.92. The van der Waals surface area contributed by atoms with Gasteiger partial charge in [0, 0.05) is 29.1 Å². The van der Waals surface area contributed by atoms with Crippen molar-refractivity contribution in [3.63, 3.8) is 0 Å². The molecule has 29 heavy (non-hydrogen) atoms. The van der Waals surface area contributed by atoms with E-state index in [4.69, 9.17) is 21.1 Å². The first kappa shape index (κ1) is 18.1. The Morgan fingerprint density at radius 3 is 2.72 bits per heavy atom. The molecule has 0 saturated carbocycles. The Hall–Kier alpha value is -2.92. The zero-order valence-corrected chi connectivity index (χ0v) is 16.9. The van der Waals surface area contributed by atoms with Gasteiger partial charge >= 0.3 is 0 Å². The Balaban J connectivity index is 1.59. The molecule has 1 fully saturated rings. The summed E-state index contributed by atoms with van der Waals surface area (Å²) in [5, 5.41) is 5.88. The minimum atomic E-state index is 0.500. The van der Waals surface area contributed by atoms with Crippen LogP contribution in [-0.4, -0.2) is 28.2 Å². The highest BCUT2D eigenvalue weighted by atomic mass is 35.5. The summed E-state index contributed by atoms with van der Waals surface area (Å²) in [6, 6.07) is 17.6. The molecule has 0 spiro atoms. The fourth-order valence-electron chi connectivity index (χ4n) is 3.95. The third-order valence-electron chi connectivity index (χ3n) is 5.44. The molecule has 3 heterocycles. The number of aromatic nitrogens is 3. The van der Waals surface area contributed by atoms with Gasteiger partial charge < -0.3 is 9.42 Å². The minimum Gasteiger partial charge on any atom is -0.356 e. The van der Waals surface area contributed by atoms with Gasteiger partial charge in [-0.3, -0.25) is 0 Å². The van der Waals surface area contributed by atoms with Crippen LogP contribution in [0.1, 0.15) is 19.8 Å². The fourth-order valence-corrected chi connectivity index (χ4v) is 4.07. The van der Waals surface area contributed by atoms with Gasteiger partial charge in [-0.15, -0.1) is 0 Å². The van der Waals surface area contributed by atoms with Crippen LogP contribution >= 0.6 is 11.6 Å². The van der Waals surface area contributed by atoms with E-state index in [2.05, 4.69) is 28.0 Å². The molecule has 0 N–H and O–H groups in total. The van der Waals surface area contributed by atoms with Crippen LogP contribution in [0.5, 0.6) is 0 Å². The molecule has 1 saturated heterocycles. The predicted molar refractivity (Wildman–Crippen MR) is 116 cm³/mol. The molecule has 5 rings (SSSR count). The highest BCUT2D eigenvalue weighted by Crippen LogP contribution is 2.33. The predicted octanol–water partition coefficient (Wildman–Crippen LogP) is 5.84. The van der Waals surface area contributed by atoms with E-state index in [9.17, 15) is 0 Å². The Morgan fingerprint density at radius 2 is 1.90 bits per heavy atom. The molecule has 0 bridgehead atoms. The van der Waals surface area contributed by atoms with Crippen molar-refractivity contribution < 1.29 is 4.52 Å². The van der Waals surface area contributed by atoms with Crippen LogP contribution in [-0.2, 0) is 0 Å². The third-order valence-corrected chi connectivity index (χ3v) is 5.69. The van der Waals surface area contributed by atoms with Gasteiger partial charge in [-0.2, -0.15) is 4.98 Å². The first-order valence-corrected chi connectivity index (χ1v) is 10.3. The van der Waals surface area contributed by atoms with Crippen molar-refractivity contribution in [3.8, 4) is 22.8 Å². The van der Waals surface area contributed by atoms with Crippen LogP contribution in [0.4, 0.5) is 5.82 Å². The molecule has 6 heteroatoms. The average molecular weight is 405 g/mol. The molecule has 146 valence electrons. The Kier molecular flexibility index (Phi) is 4.68. The molecule has 0 aliphatic carbocycles. The van der Waals surface area contributed by atoms with Crippen molar-refractivity contribution in [1.82, 2.24) is 15.1 Å². The molecule has 1 aliphatic rings. The molecule has 4 aromatic rings. The Bertz CT molecular complexity index is 1160. The van der Waals surface area contributed by atoms with E-state index >= 15 is 0 Å². The van der Waals surface area contributed by atoms with Gasteiger partial charge in [-0.25, -0.2) is 4.98 Å². The number of anilines is 1. The summed E-state index contributed by atoms with van der Waals surface area (Å²) >= 11 is 5.99. The summed E-state index contributed by atoms with van der Waals surface area (Å²) in [6.07, 6.45) is 2.46. The minimum absolute atomic E-state index is 0.500. The molecule has 2 aromatic heterocycles. The normalized spacial score (nSPS) is 17.0. The lowest BCUT2D eigenvalue weighted by molar-refractivity contribution is 0.432. The second kappa shape index (κ2) is 7.48. The van der Waals surface area contributed by atoms with Crippen LogP contribution in [0.25, 0.3) is 33.7 Å². The van der Waals surface area contributed by atoms with E-state index in [0.29, 0.717) is 22.7 Å². The van der Waals surface area contributed by atoms with Gasteiger partial charge in [0.15, 0.2) is 0 Å². The molecular weight excluding hydrogens is 384 g/mol. The molecule has 0 unspecified atom stereocenters. The number of rotatable bonds is 3. The highest BCUT2D eigenvalue weighted by molar-refractivity contribution is 6.30. The number of nitrogens with zero attached hydrogens (tertiary/aromatic N) is 4. The standard InChI is InChI=1S/C23H21ClN4O/c1-15-5-4-12-28(14-15)21-13-19(18-6-2-3-7-20(18)25-21)23-26-22(27-29-23)16-8-10-17(24)11-9-16/h2-3,6-11,13,15H,4-5,12,14H2,1H3/t15-/m0/s1. The largest absolute Gasteiger partial charge is 0.356 e. The molecular formula is C23H21ClN4O. The number of pyridine rings is 1. The Morgan fingerprint density at radius 1 is 1.07 bits per heavy atom. The van der Waals surface area contributed by atoms with E-state index in [1.807, 2.05) is 48.5 Å². The van der Waals surface area contributed by atoms with Gasteiger partial charge in [-0.1, -0.05) is 41.9 Å². The quantitative estimate of drug-likeness (QED) is 0.429. The van der Waals surface area contributed by atoms with Gasteiger partial charge in [0.2, 0.25) is 5.82 Å². The molecule has 2 aromatic carbocycles. The van der Waals surface area contributed by atoms with Crippen molar-refractivity contribution in [3.05, 3.63) is 59.6 Å². The zero-order valence-electron chi connectivity index (χ0n) is 16.2. The zero-order chi connectivity index (χ0) is 19.8. The lowest BCUT2D eigenvalue weighted by Crippen LogP contribution is -2.34. The highest BCUT2D eigenvalue weighted by Gasteiger charge is 2.21. The van der Waals surface area contributed by atoms with E-state index < -0.39 is 0 Å². The molecule has 0 amide bonds. The second-order valence-electron chi connectivity index (χ2n) is 7.67. The number of para-hydroxylation sites is 1. The molecule has 1 aliphatic heterocycles. The SMILES string of the molecule is C[C@H]1CCCN(c2cc(-c3nc(-c4ccc(Cl)cc4)no3)c3ccccc3n2)C1.